The molecule has 0 spiro atoms. The number of rotatable bonds is 6. The maximum absolute atomic E-state index is 5.75. The van der Waals surface area contributed by atoms with Gasteiger partial charge in [0.15, 0.2) is 0 Å². The van der Waals surface area contributed by atoms with Crippen LogP contribution in [0.2, 0.25) is 0 Å². The van der Waals surface area contributed by atoms with E-state index in [2.05, 4.69) is 44.7 Å². The lowest BCUT2D eigenvalue weighted by Crippen LogP contribution is -2.32. The summed E-state index contributed by atoms with van der Waals surface area (Å²) in [4.78, 5) is 7.06. The molecule has 0 fully saturated rings. The molecule has 0 aromatic carbocycles. The SMILES string of the molecule is CCCN(c1cc(CN)cc(CC)n1)C(C)C. The van der Waals surface area contributed by atoms with E-state index in [-0.39, 0.29) is 0 Å². The van der Waals surface area contributed by atoms with Crippen molar-refractivity contribution in [3.8, 4) is 0 Å². The van der Waals surface area contributed by atoms with Crippen molar-refractivity contribution in [1.29, 1.82) is 0 Å². The van der Waals surface area contributed by atoms with Crippen LogP contribution in [-0.4, -0.2) is 17.6 Å². The molecule has 0 atom stereocenters. The molecule has 3 nitrogen and oxygen atoms in total. The number of aromatic nitrogens is 1. The van der Waals surface area contributed by atoms with E-state index < -0.39 is 0 Å². The Bertz CT molecular complexity index is 325. The van der Waals surface area contributed by atoms with Crippen LogP contribution in [0.3, 0.4) is 0 Å². The third kappa shape index (κ3) is 3.70. The fourth-order valence-electron chi connectivity index (χ4n) is 1.96. The van der Waals surface area contributed by atoms with Gasteiger partial charge >= 0.3 is 0 Å². The summed E-state index contributed by atoms with van der Waals surface area (Å²) in [7, 11) is 0. The van der Waals surface area contributed by atoms with E-state index in [9.17, 15) is 0 Å². The smallest absolute Gasteiger partial charge is 0.129 e. The first-order chi connectivity index (χ1) is 8.12. The van der Waals surface area contributed by atoms with E-state index in [0.717, 1.165) is 30.9 Å². The maximum Gasteiger partial charge on any atom is 0.129 e. The predicted molar refractivity (Wildman–Crippen MR) is 74.3 cm³/mol. The van der Waals surface area contributed by atoms with Crippen molar-refractivity contribution < 1.29 is 0 Å². The molecule has 1 heterocycles. The molecule has 3 heteroatoms. The second-order valence-electron chi connectivity index (χ2n) is 4.67. The molecule has 0 unspecified atom stereocenters. The highest BCUT2D eigenvalue weighted by Gasteiger charge is 2.12. The van der Waals surface area contributed by atoms with Gasteiger partial charge in [0.05, 0.1) is 0 Å². The average molecular weight is 235 g/mol. The molecule has 0 aliphatic rings. The Morgan fingerprint density at radius 1 is 1.29 bits per heavy atom. The highest BCUT2D eigenvalue weighted by atomic mass is 15.2. The summed E-state index contributed by atoms with van der Waals surface area (Å²) in [5.74, 6) is 1.07. The lowest BCUT2D eigenvalue weighted by atomic mass is 10.1. The van der Waals surface area contributed by atoms with E-state index in [1.54, 1.807) is 0 Å². The van der Waals surface area contributed by atoms with Gasteiger partial charge in [0.1, 0.15) is 5.82 Å². The summed E-state index contributed by atoms with van der Waals surface area (Å²) in [5.41, 5.74) is 8.05. The van der Waals surface area contributed by atoms with Gasteiger partial charge in [-0.05, 0) is 44.4 Å². The van der Waals surface area contributed by atoms with Gasteiger partial charge < -0.3 is 10.6 Å². The monoisotopic (exact) mass is 235 g/mol. The van der Waals surface area contributed by atoms with Crippen LogP contribution in [0.4, 0.5) is 5.82 Å². The van der Waals surface area contributed by atoms with Crippen molar-refractivity contribution in [2.24, 2.45) is 5.73 Å². The lowest BCUT2D eigenvalue weighted by Gasteiger charge is -2.28. The van der Waals surface area contributed by atoms with Crippen molar-refractivity contribution in [1.82, 2.24) is 4.98 Å². The van der Waals surface area contributed by atoms with Crippen LogP contribution in [0.15, 0.2) is 12.1 Å². The Balaban J connectivity index is 3.08. The number of nitrogens with two attached hydrogens (primary N) is 1. The first-order valence-electron chi connectivity index (χ1n) is 6.58. The molecular weight excluding hydrogens is 210 g/mol. The van der Waals surface area contributed by atoms with Gasteiger partial charge in [0.25, 0.3) is 0 Å². The Kier molecular flexibility index (Phi) is 5.42. The number of anilines is 1. The van der Waals surface area contributed by atoms with Crippen molar-refractivity contribution in [2.45, 2.75) is 53.1 Å². The molecular formula is C14H25N3. The quantitative estimate of drug-likeness (QED) is 0.824. The van der Waals surface area contributed by atoms with E-state index in [0.29, 0.717) is 12.6 Å². The van der Waals surface area contributed by atoms with Gasteiger partial charge in [-0.3, -0.25) is 0 Å². The summed E-state index contributed by atoms with van der Waals surface area (Å²) in [6.45, 7) is 10.4. The first kappa shape index (κ1) is 14.0. The molecule has 2 N–H and O–H groups in total. The van der Waals surface area contributed by atoms with E-state index in [1.807, 2.05) is 0 Å². The third-order valence-corrected chi connectivity index (χ3v) is 2.90. The van der Waals surface area contributed by atoms with Crippen LogP contribution in [0.1, 0.15) is 45.4 Å². The van der Waals surface area contributed by atoms with Crippen LogP contribution in [0.25, 0.3) is 0 Å². The summed E-state index contributed by atoms with van der Waals surface area (Å²) < 4.78 is 0. The topological polar surface area (TPSA) is 42.1 Å². The standard InChI is InChI=1S/C14H25N3/c1-5-7-17(11(3)4)14-9-12(10-15)8-13(6-2)16-14/h8-9,11H,5-7,10,15H2,1-4H3. The average Bonchev–Trinajstić information content (AvgIpc) is 2.34. The Labute approximate surface area is 105 Å². The maximum atomic E-state index is 5.75. The van der Waals surface area contributed by atoms with Gasteiger partial charge in [0.2, 0.25) is 0 Å². The number of pyridine rings is 1. The summed E-state index contributed by atoms with van der Waals surface area (Å²) >= 11 is 0. The summed E-state index contributed by atoms with van der Waals surface area (Å²) in [6.07, 6.45) is 2.09. The Hall–Kier alpha value is -1.09. The zero-order valence-corrected chi connectivity index (χ0v) is 11.5. The molecule has 0 saturated heterocycles. The number of hydrogen-bond acceptors (Lipinski definition) is 3. The van der Waals surface area contributed by atoms with Crippen molar-refractivity contribution in [3.05, 3.63) is 23.4 Å². The highest BCUT2D eigenvalue weighted by molar-refractivity contribution is 5.43. The van der Waals surface area contributed by atoms with E-state index >= 15 is 0 Å². The largest absolute Gasteiger partial charge is 0.354 e. The van der Waals surface area contributed by atoms with Gasteiger partial charge in [0, 0.05) is 24.8 Å². The van der Waals surface area contributed by atoms with Gasteiger partial charge in [-0.25, -0.2) is 4.98 Å². The molecule has 0 aliphatic carbocycles. The lowest BCUT2D eigenvalue weighted by molar-refractivity contribution is 0.659. The molecule has 0 aliphatic heterocycles. The molecule has 1 aromatic heterocycles. The van der Waals surface area contributed by atoms with Crippen molar-refractivity contribution in [2.75, 3.05) is 11.4 Å². The Morgan fingerprint density at radius 3 is 2.47 bits per heavy atom. The van der Waals surface area contributed by atoms with Gasteiger partial charge in [-0.15, -0.1) is 0 Å². The fourth-order valence-corrected chi connectivity index (χ4v) is 1.96. The second-order valence-corrected chi connectivity index (χ2v) is 4.67. The van der Waals surface area contributed by atoms with Crippen LogP contribution >= 0.6 is 0 Å². The molecule has 1 aromatic rings. The number of nitrogens with zero attached hydrogens (tertiary/aromatic N) is 2. The Morgan fingerprint density at radius 2 is 2.00 bits per heavy atom. The molecule has 0 bridgehead atoms. The minimum absolute atomic E-state index is 0.472. The molecule has 96 valence electrons. The van der Waals surface area contributed by atoms with Crippen molar-refractivity contribution >= 4 is 5.82 Å². The minimum atomic E-state index is 0.472. The summed E-state index contributed by atoms with van der Waals surface area (Å²) in [6, 6.07) is 4.70. The third-order valence-electron chi connectivity index (χ3n) is 2.90. The normalized spacial score (nSPS) is 10.9. The first-order valence-corrected chi connectivity index (χ1v) is 6.58. The minimum Gasteiger partial charge on any atom is -0.354 e. The van der Waals surface area contributed by atoms with Crippen LogP contribution in [-0.2, 0) is 13.0 Å². The van der Waals surface area contributed by atoms with Crippen LogP contribution in [0, 0.1) is 0 Å². The molecule has 0 radical (unpaired) electrons. The molecule has 0 saturated carbocycles. The van der Waals surface area contributed by atoms with E-state index in [1.165, 1.54) is 5.56 Å². The van der Waals surface area contributed by atoms with Crippen LogP contribution < -0.4 is 10.6 Å². The van der Waals surface area contributed by atoms with Crippen molar-refractivity contribution in [3.63, 3.8) is 0 Å². The predicted octanol–water partition coefficient (Wildman–Crippen LogP) is 2.73. The zero-order chi connectivity index (χ0) is 12.8. The molecule has 0 amide bonds. The number of hydrogen-bond donors (Lipinski definition) is 1. The molecule has 1 rings (SSSR count). The molecule has 17 heavy (non-hydrogen) atoms. The number of aryl methyl sites for hydroxylation is 1. The fraction of sp³-hybridized carbons (Fsp3) is 0.643. The zero-order valence-electron chi connectivity index (χ0n) is 11.5. The van der Waals surface area contributed by atoms with Gasteiger partial charge in [-0.1, -0.05) is 13.8 Å². The highest BCUT2D eigenvalue weighted by Crippen LogP contribution is 2.18. The second kappa shape index (κ2) is 6.60. The van der Waals surface area contributed by atoms with Crippen LogP contribution in [0.5, 0.6) is 0 Å². The van der Waals surface area contributed by atoms with Gasteiger partial charge in [-0.2, -0.15) is 0 Å². The summed E-state index contributed by atoms with van der Waals surface area (Å²) in [5, 5.41) is 0. The van der Waals surface area contributed by atoms with E-state index in [4.69, 9.17) is 10.7 Å².